The molecule has 0 radical (unpaired) electrons. The van der Waals surface area contributed by atoms with E-state index in [1.807, 2.05) is 20.8 Å². The minimum absolute atomic E-state index is 0.0252. The summed E-state index contributed by atoms with van der Waals surface area (Å²) in [4.78, 5) is 0. The third kappa shape index (κ3) is 4.57. The maximum atomic E-state index is 12.8. The highest BCUT2D eigenvalue weighted by molar-refractivity contribution is 5.23. The highest BCUT2D eigenvalue weighted by Gasteiger charge is 2.08. The average molecular weight is 229 g/mol. The van der Waals surface area contributed by atoms with E-state index in [1.165, 1.54) is 6.07 Å². The lowest BCUT2D eigenvalue weighted by atomic mass is 10.1. The third-order valence-corrected chi connectivity index (χ3v) is 1.92. The Morgan fingerprint density at radius 1 is 1.19 bits per heavy atom. The van der Waals surface area contributed by atoms with E-state index in [9.17, 15) is 8.78 Å². The summed E-state index contributed by atoms with van der Waals surface area (Å²) >= 11 is 0. The monoisotopic (exact) mass is 229 g/mol. The molecule has 0 aromatic heterocycles. The van der Waals surface area contributed by atoms with Crippen molar-refractivity contribution >= 4 is 0 Å². The molecule has 1 N–H and O–H groups in total. The van der Waals surface area contributed by atoms with E-state index in [0.717, 1.165) is 12.1 Å². The smallest absolute Gasteiger partial charge is 0.162 e. The van der Waals surface area contributed by atoms with Gasteiger partial charge in [0.25, 0.3) is 0 Å². The van der Waals surface area contributed by atoms with Crippen LogP contribution in [0.5, 0.6) is 5.75 Å². The molecule has 90 valence electrons. The van der Waals surface area contributed by atoms with Crippen molar-refractivity contribution < 1.29 is 13.5 Å². The fourth-order valence-corrected chi connectivity index (χ4v) is 1.16. The SMILES string of the molecule is CC(C)(C)NCCOc1ccc(F)c(F)c1. The molecule has 0 atom stereocenters. The van der Waals surface area contributed by atoms with Gasteiger partial charge in [0.1, 0.15) is 12.4 Å². The zero-order chi connectivity index (χ0) is 12.2. The van der Waals surface area contributed by atoms with Crippen molar-refractivity contribution in [3.63, 3.8) is 0 Å². The molecule has 0 unspecified atom stereocenters. The lowest BCUT2D eigenvalue weighted by molar-refractivity contribution is 0.289. The van der Waals surface area contributed by atoms with Crippen LogP contribution in [0.3, 0.4) is 0 Å². The summed E-state index contributed by atoms with van der Waals surface area (Å²) in [5.74, 6) is -1.41. The number of hydrogen-bond donors (Lipinski definition) is 1. The molecule has 0 fully saturated rings. The molecule has 0 aliphatic heterocycles. The average Bonchev–Trinajstić information content (AvgIpc) is 2.17. The first-order valence-corrected chi connectivity index (χ1v) is 5.21. The minimum atomic E-state index is -0.888. The van der Waals surface area contributed by atoms with Gasteiger partial charge < -0.3 is 10.1 Å². The third-order valence-electron chi connectivity index (χ3n) is 1.92. The van der Waals surface area contributed by atoms with Gasteiger partial charge >= 0.3 is 0 Å². The standard InChI is InChI=1S/C12H17F2NO/c1-12(2,3)15-6-7-16-9-4-5-10(13)11(14)8-9/h4-5,8,15H,6-7H2,1-3H3. The highest BCUT2D eigenvalue weighted by Crippen LogP contribution is 2.15. The second-order valence-corrected chi connectivity index (χ2v) is 4.60. The summed E-state index contributed by atoms with van der Waals surface area (Å²) < 4.78 is 30.7. The molecule has 0 amide bonds. The van der Waals surface area contributed by atoms with Crippen molar-refractivity contribution in [1.82, 2.24) is 5.32 Å². The van der Waals surface area contributed by atoms with Crippen LogP contribution in [0, 0.1) is 11.6 Å². The zero-order valence-electron chi connectivity index (χ0n) is 9.81. The Morgan fingerprint density at radius 3 is 2.44 bits per heavy atom. The summed E-state index contributed by atoms with van der Waals surface area (Å²) in [6.07, 6.45) is 0. The molecule has 0 heterocycles. The van der Waals surface area contributed by atoms with Crippen LogP contribution >= 0.6 is 0 Å². The Labute approximate surface area is 94.6 Å². The number of nitrogens with one attached hydrogen (secondary N) is 1. The van der Waals surface area contributed by atoms with Gasteiger partial charge in [0.05, 0.1) is 0 Å². The van der Waals surface area contributed by atoms with Gasteiger partial charge in [0.15, 0.2) is 11.6 Å². The first kappa shape index (κ1) is 12.9. The Kier molecular flexibility index (Phi) is 4.24. The van der Waals surface area contributed by atoms with Gasteiger partial charge in [-0.05, 0) is 32.9 Å². The van der Waals surface area contributed by atoms with E-state index < -0.39 is 11.6 Å². The van der Waals surface area contributed by atoms with E-state index in [0.29, 0.717) is 18.9 Å². The second-order valence-electron chi connectivity index (χ2n) is 4.60. The largest absolute Gasteiger partial charge is 0.492 e. The highest BCUT2D eigenvalue weighted by atomic mass is 19.2. The molecule has 4 heteroatoms. The minimum Gasteiger partial charge on any atom is -0.492 e. The van der Waals surface area contributed by atoms with Crippen LogP contribution in [0.4, 0.5) is 8.78 Å². The van der Waals surface area contributed by atoms with Crippen LogP contribution in [0.15, 0.2) is 18.2 Å². The topological polar surface area (TPSA) is 21.3 Å². The fourth-order valence-electron chi connectivity index (χ4n) is 1.16. The number of benzene rings is 1. The van der Waals surface area contributed by atoms with Crippen LogP contribution in [-0.2, 0) is 0 Å². The Balaban J connectivity index is 2.35. The van der Waals surface area contributed by atoms with E-state index in [4.69, 9.17) is 4.74 Å². The van der Waals surface area contributed by atoms with Crippen molar-refractivity contribution in [1.29, 1.82) is 0 Å². The molecule has 0 saturated heterocycles. The Hall–Kier alpha value is -1.16. The fraction of sp³-hybridized carbons (Fsp3) is 0.500. The van der Waals surface area contributed by atoms with Gasteiger partial charge in [0.2, 0.25) is 0 Å². The Bertz CT molecular complexity index is 347. The van der Waals surface area contributed by atoms with Crippen molar-refractivity contribution in [2.75, 3.05) is 13.2 Å². The zero-order valence-corrected chi connectivity index (χ0v) is 9.81. The molecule has 1 aromatic rings. The van der Waals surface area contributed by atoms with Crippen molar-refractivity contribution in [3.05, 3.63) is 29.8 Å². The van der Waals surface area contributed by atoms with Gasteiger partial charge in [-0.2, -0.15) is 0 Å². The van der Waals surface area contributed by atoms with Gasteiger partial charge in [-0.25, -0.2) is 8.78 Å². The van der Waals surface area contributed by atoms with Gasteiger partial charge in [-0.15, -0.1) is 0 Å². The van der Waals surface area contributed by atoms with Crippen LogP contribution in [0.1, 0.15) is 20.8 Å². The van der Waals surface area contributed by atoms with Gasteiger partial charge in [0, 0.05) is 18.2 Å². The van der Waals surface area contributed by atoms with Gasteiger partial charge in [-0.3, -0.25) is 0 Å². The lowest BCUT2D eigenvalue weighted by Gasteiger charge is -2.20. The number of rotatable bonds is 4. The lowest BCUT2D eigenvalue weighted by Crippen LogP contribution is -2.38. The van der Waals surface area contributed by atoms with Crippen LogP contribution in [0.25, 0.3) is 0 Å². The maximum absolute atomic E-state index is 12.8. The summed E-state index contributed by atoms with van der Waals surface area (Å²) in [6.45, 7) is 7.21. The van der Waals surface area contributed by atoms with Gasteiger partial charge in [-0.1, -0.05) is 0 Å². The first-order valence-electron chi connectivity index (χ1n) is 5.21. The van der Waals surface area contributed by atoms with Crippen molar-refractivity contribution in [2.24, 2.45) is 0 Å². The summed E-state index contributed by atoms with van der Waals surface area (Å²) in [5.41, 5.74) is 0.0252. The van der Waals surface area contributed by atoms with E-state index in [-0.39, 0.29) is 5.54 Å². The van der Waals surface area contributed by atoms with E-state index >= 15 is 0 Å². The predicted octanol–water partition coefficient (Wildman–Crippen LogP) is 2.73. The molecular formula is C12H17F2NO. The molecule has 0 saturated carbocycles. The summed E-state index contributed by atoms with van der Waals surface area (Å²) in [7, 11) is 0. The van der Waals surface area contributed by atoms with Crippen LogP contribution in [0.2, 0.25) is 0 Å². The van der Waals surface area contributed by atoms with E-state index in [2.05, 4.69) is 5.32 Å². The molecule has 0 spiro atoms. The second kappa shape index (κ2) is 5.25. The molecule has 1 aromatic carbocycles. The number of ether oxygens (including phenoxy) is 1. The molecule has 1 rings (SSSR count). The number of halogens is 2. The van der Waals surface area contributed by atoms with Crippen LogP contribution < -0.4 is 10.1 Å². The maximum Gasteiger partial charge on any atom is 0.162 e. The number of hydrogen-bond acceptors (Lipinski definition) is 2. The van der Waals surface area contributed by atoms with Crippen molar-refractivity contribution in [2.45, 2.75) is 26.3 Å². The van der Waals surface area contributed by atoms with Crippen molar-refractivity contribution in [3.8, 4) is 5.75 Å². The molecular weight excluding hydrogens is 212 g/mol. The molecule has 2 nitrogen and oxygen atoms in total. The quantitative estimate of drug-likeness (QED) is 0.801. The van der Waals surface area contributed by atoms with E-state index in [1.54, 1.807) is 0 Å². The van der Waals surface area contributed by atoms with Crippen LogP contribution in [-0.4, -0.2) is 18.7 Å². The molecule has 0 aliphatic rings. The molecule has 0 aliphatic carbocycles. The summed E-state index contributed by atoms with van der Waals surface area (Å²) in [6, 6.07) is 3.52. The Morgan fingerprint density at radius 2 is 1.88 bits per heavy atom. The molecule has 0 bridgehead atoms. The summed E-state index contributed by atoms with van der Waals surface area (Å²) in [5, 5.41) is 3.23. The normalized spacial score (nSPS) is 11.6. The first-order chi connectivity index (χ1) is 7.38. The predicted molar refractivity (Wildman–Crippen MR) is 59.6 cm³/mol. The molecule has 16 heavy (non-hydrogen) atoms.